The molecule has 0 aliphatic carbocycles. The first kappa shape index (κ1) is 18.1. The average molecular weight is 378 g/mol. The van der Waals surface area contributed by atoms with Crippen molar-refractivity contribution >= 4 is 34.5 Å². The zero-order valence-corrected chi connectivity index (χ0v) is 15.8. The molecular weight excluding hydrogens is 354 g/mol. The third-order valence-electron chi connectivity index (χ3n) is 4.22. The first-order chi connectivity index (χ1) is 12.2. The minimum Gasteiger partial charge on any atom is -0.356 e. The van der Waals surface area contributed by atoms with E-state index >= 15 is 0 Å². The molecule has 1 N–H and O–H groups in total. The first-order valence-corrected chi connectivity index (χ1v) is 10.5. The van der Waals surface area contributed by atoms with Gasteiger partial charge in [-0.1, -0.05) is 12.5 Å². The number of hydrogen-bond donors (Lipinski definition) is 1. The van der Waals surface area contributed by atoms with Gasteiger partial charge in [0.05, 0.1) is 17.0 Å². The summed E-state index contributed by atoms with van der Waals surface area (Å²) < 4.78 is 0. The van der Waals surface area contributed by atoms with Crippen LogP contribution in [0.25, 0.3) is 9.88 Å². The van der Waals surface area contributed by atoms with Crippen LogP contribution in [0, 0.1) is 0 Å². The molecule has 0 unspecified atom stereocenters. The lowest BCUT2D eigenvalue weighted by molar-refractivity contribution is -0.130. The Morgan fingerprint density at radius 3 is 3.04 bits per heavy atom. The van der Waals surface area contributed by atoms with E-state index in [1.807, 2.05) is 27.8 Å². The van der Waals surface area contributed by atoms with Gasteiger partial charge >= 0.3 is 0 Å². The number of thiazole rings is 1. The fourth-order valence-electron chi connectivity index (χ4n) is 2.90. The summed E-state index contributed by atoms with van der Waals surface area (Å²) in [6.45, 7) is 2.19. The normalized spacial score (nSPS) is 15.2. The molecule has 2 aromatic heterocycles. The lowest BCUT2D eigenvalue weighted by atomic mass is 10.2. The Labute approximate surface area is 156 Å². The Morgan fingerprint density at radius 2 is 2.20 bits per heavy atom. The summed E-state index contributed by atoms with van der Waals surface area (Å²) in [5, 5.41) is 7.88. The van der Waals surface area contributed by atoms with Crippen LogP contribution >= 0.6 is 22.7 Å². The Balaban J connectivity index is 1.37. The molecule has 3 rings (SSSR count). The predicted octanol–water partition coefficient (Wildman–Crippen LogP) is 3.32. The van der Waals surface area contributed by atoms with Crippen molar-refractivity contribution in [3.63, 3.8) is 0 Å². The summed E-state index contributed by atoms with van der Waals surface area (Å²) >= 11 is 3.23. The number of amides is 2. The van der Waals surface area contributed by atoms with Crippen molar-refractivity contribution in [3.05, 3.63) is 28.6 Å². The average Bonchev–Trinajstić information content (AvgIpc) is 3.23. The van der Waals surface area contributed by atoms with Gasteiger partial charge in [-0.15, -0.1) is 22.7 Å². The van der Waals surface area contributed by atoms with E-state index in [-0.39, 0.29) is 11.8 Å². The lowest BCUT2D eigenvalue weighted by Gasteiger charge is -2.20. The topological polar surface area (TPSA) is 62.3 Å². The molecule has 3 heterocycles. The molecule has 1 fully saturated rings. The first-order valence-electron chi connectivity index (χ1n) is 8.75. The van der Waals surface area contributed by atoms with Gasteiger partial charge in [-0.3, -0.25) is 9.59 Å². The SMILES string of the molecule is O=C(Cc1csc(-c2cccs2)n1)NCCCN1CCCCCC1=O. The van der Waals surface area contributed by atoms with Crippen LogP contribution in [0.5, 0.6) is 0 Å². The number of nitrogens with one attached hydrogen (secondary N) is 1. The van der Waals surface area contributed by atoms with Gasteiger partial charge in [-0.2, -0.15) is 0 Å². The second kappa shape index (κ2) is 9.10. The lowest BCUT2D eigenvalue weighted by Crippen LogP contribution is -2.34. The van der Waals surface area contributed by atoms with Crippen LogP contribution in [-0.2, 0) is 16.0 Å². The summed E-state index contributed by atoms with van der Waals surface area (Å²) in [6.07, 6.45) is 5.02. The van der Waals surface area contributed by atoms with Crippen LogP contribution < -0.4 is 5.32 Å². The molecule has 2 amide bonds. The smallest absolute Gasteiger partial charge is 0.226 e. The second-order valence-corrected chi connectivity index (χ2v) is 8.00. The molecule has 0 bridgehead atoms. The van der Waals surface area contributed by atoms with Gasteiger partial charge in [0, 0.05) is 31.4 Å². The molecule has 5 nitrogen and oxygen atoms in total. The Bertz CT molecular complexity index is 697. The number of carbonyl (C=O) groups is 2. The maximum absolute atomic E-state index is 12.1. The van der Waals surface area contributed by atoms with Gasteiger partial charge < -0.3 is 10.2 Å². The summed E-state index contributed by atoms with van der Waals surface area (Å²) in [6, 6.07) is 4.04. The van der Waals surface area contributed by atoms with Crippen LogP contribution in [0.1, 0.15) is 37.8 Å². The van der Waals surface area contributed by atoms with E-state index in [2.05, 4.69) is 10.3 Å². The van der Waals surface area contributed by atoms with E-state index in [1.165, 1.54) is 0 Å². The quantitative estimate of drug-likeness (QED) is 0.753. The molecule has 2 aromatic rings. The number of aromatic nitrogens is 1. The Kier molecular flexibility index (Phi) is 6.58. The van der Waals surface area contributed by atoms with Crippen molar-refractivity contribution in [2.24, 2.45) is 0 Å². The fourth-order valence-corrected chi connectivity index (χ4v) is 4.54. The number of nitrogens with zero attached hydrogens (tertiary/aromatic N) is 2. The Morgan fingerprint density at radius 1 is 1.28 bits per heavy atom. The molecular formula is C18H23N3O2S2. The number of thiophene rings is 1. The molecule has 134 valence electrons. The number of carbonyl (C=O) groups excluding carboxylic acids is 2. The highest BCUT2D eigenvalue weighted by Crippen LogP contribution is 2.27. The number of likely N-dealkylation sites (tertiary alicyclic amines) is 1. The van der Waals surface area contributed by atoms with Crippen molar-refractivity contribution in [1.29, 1.82) is 0 Å². The molecule has 25 heavy (non-hydrogen) atoms. The Hall–Kier alpha value is -1.73. The minimum atomic E-state index is -0.00905. The van der Waals surface area contributed by atoms with Crippen molar-refractivity contribution < 1.29 is 9.59 Å². The van der Waals surface area contributed by atoms with E-state index in [1.54, 1.807) is 22.7 Å². The highest BCUT2D eigenvalue weighted by Gasteiger charge is 2.16. The number of rotatable bonds is 7. The van der Waals surface area contributed by atoms with Gasteiger partial charge in [0.2, 0.25) is 11.8 Å². The molecule has 7 heteroatoms. The van der Waals surface area contributed by atoms with Crippen molar-refractivity contribution in [3.8, 4) is 9.88 Å². The van der Waals surface area contributed by atoms with E-state index in [4.69, 9.17) is 0 Å². The van der Waals surface area contributed by atoms with Crippen molar-refractivity contribution in [1.82, 2.24) is 15.2 Å². The standard InChI is InChI=1S/C18H23N3O2S2/c22-16(12-14-13-25-18(20-14)15-6-4-11-24-15)19-8-5-10-21-9-3-1-2-7-17(21)23/h4,6,11,13H,1-3,5,7-10,12H2,(H,19,22). The predicted molar refractivity (Wildman–Crippen MR) is 102 cm³/mol. The zero-order chi connectivity index (χ0) is 17.5. The van der Waals surface area contributed by atoms with Crippen molar-refractivity contribution in [2.45, 2.75) is 38.5 Å². The van der Waals surface area contributed by atoms with Crippen LogP contribution in [0.15, 0.2) is 22.9 Å². The molecule has 1 aliphatic rings. The highest BCUT2D eigenvalue weighted by atomic mass is 32.1. The van der Waals surface area contributed by atoms with Crippen LogP contribution in [0.2, 0.25) is 0 Å². The third-order valence-corrected chi connectivity index (χ3v) is 6.15. The number of hydrogen-bond acceptors (Lipinski definition) is 5. The molecule has 0 spiro atoms. The molecule has 1 saturated heterocycles. The maximum Gasteiger partial charge on any atom is 0.226 e. The minimum absolute atomic E-state index is 0.00905. The van der Waals surface area contributed by atoms with E-state index < -0.39 is 0 Å². The maximum atomic E-state index is 12.1. The molecule has 0 radical (unpaired) electrons. The summed E-state index contributed by atoms with van der Waals surface area (Å²) in [5.74, 6) is 0.248. The van der Waals surface area contributed by atoms with Crippen LogP contribution in [0.3, 0.4) is 0 Å². The summed E-state index contributed by atoms with van der Waals surface area (Å²) in [7, 11) is 0. The molecule has 0 atom stereocenters. The van der Waals surface area contributed by atoms with Gasteiger partial charge in [0.1, 0.15) is 5.01 Å². The second-order valence-electron chi connectivity index (χ2n) is 6.19. The van der Waals surface area contributed by atoms with Gasteiger partial charge in [-0.25, -0.2) is 4.98 Å². The molecule has 0 saturated carbocycles. The van der Waals surface area contributed by atoms with Gasteiger partial charge in [0.25, 0.3) is 0 Å². The van der Waals surface area contributed by atoms with Crippen LogP contribution in [-0.4, -0.2) is 41.3 Å². The van der Waals surface area contributed by atoms with Gasteiger partial charge in [-0.05, 0) is 30.7 Å². The summed E-state index contributed by atoms with van der Waals surface area (Å²) in [4.78, 5) is 31.6. The molecule has 1 aliphatic heterocycles. The van der Waals surface area contributed by atoms with E-state index in [0.29, 0.717) is 19.4 Å². The monoisotopic (exact) mass is 377 g/mol. The van der Waals surface area contributed by atoms with Crippen LogP contribution in [0.4, 0.5) is 0 Å². The highest BCUT2D eigenvalue weighted by molar-refractivity contribution is 7.20. The zero-order valence-electron chi connectivity index (χ0n) is 14.2. The van der Waals surface area contributed by atoms with Crippen molar-refractivity contribution in [2.75, 3.05) is 19.6 Å². The third kappa shape index (κ3) is 5.37. The molecule has 0 aromatic carbocycles. The fraction of sp³-hybridized carbons (Fsp3) is 0.500. The summed E-state index contributed by atoms with van der Waals surface area (Å²) in [5.41, 5.74) is 0.814. The van der Waals surface area contributed by atoms with E-state index in [9.17, 15) is 9.59 Å². The largest absolute Gasteiger partial charge is 0.356 e. The van der Waals surface area contributed by atoms with E-state index in [0.717, 1.165) is 54.4 Å². The van der Waals surface area contributed by atoms with Gasteiger partial charge in [0.15, 0.2) is 0 Å².